The standard InChI is InChI=1S/C37H26O6.C7H12.C2H5N.C2H6/c38-33-31(34(39)36(41)37(42)35(33)40)26-16-12-24(13-17-26)23-10-14-25(15-11-23)27-7-4-8-30-32(27)28-20-22(9-18-29(28)43-30)19-21-5-2-1-3-6-21;1-7-5-3-2-4-6-7;1-3-2;1-2/h1-18,20,38-42H,19H2;5H,2-4,6H2,1H3;1H2,2H3;1-2H3. The highest BCUT2D eigenvalue weighted by molar-refractivity contribution is 6.12. The van der Waals surface area contributed by atoms with Crippen LogP contribution >= 0.6 is 0 Å². The number of hydrogen-bond acceptors (Lipinski definition) is 7. The van der Waals surface area contributed by atoms with Crippen molar-refractivity contribution in [3.05, 3.63) is 138 Å². The minimum Gasteiger partial charge on any atom is -0.504 e. The van der Waals surface area contributed by atoms with Crippen LogP contribution in [-0.2, 0) is 6.42 Å². The van der Waals surface area contributed by atoms with Gasteiger partial charge in [-0.2, -0.15) is 0 Å². The Morgan fingerprint density at radius 2 is 1.16 bits per heavy atom. The van der Waals surface area contributed by atoms with Crippen molar-refractivity contribution in [2.75, 3.05) is 7.05 Å². The Kier molecular flexibility index (Phi) is 13.4. The second-order valence-electron chi connectivity index (χ2n) is 13.2. The first kappa shape index (κ1) is 39.7. The molecule has 6 aromatic carbocycles. The van der Waals surface area contributed by atoms with E-state index in [1.165, 1.54) is 36.8 Å². The highest BCUT2D eigenvalue weighted by atomic mass is 16.4. The number of phenols is 5. The molecular weight excluding hydrogens is 687 g/mol. The SMILES string of the molecule is C=NC.CC.CC1=CCCCC1.Oc1c(O)c(O)c(-c2ccc(-c3ccc(-c4cccc5oc6ccc(Cc7ccccc7)cc6c45)cc3)cc2)c(O)c1O. The summed E-state index contributed by atoms with van der Waals surface area (Å²) in [7, 11) is 1.64. The third-order valence-corrected chi connectivity index (χ3v) is 9.40. The van der Waals surface area contributed by atoms with Crippen molar-refractivity contribution in [2.24, 2.45) is 4.99 Å². The second-order valence-corrected chi connectivity index (χ2v) is 13.2. The molecule has 7 nitrogen and oxygen atoms in total. The largest absolute Gasteiger partial charge is 0.504 e. The highest BCUT2D eigenvalue weighted by Crippen LogP contribution is 2.54. The smallest absolute Gasteiger partial charge is 0.208 e. The van der Waals surface area contributed by atoms with Crippen molar-refractivity contribution in [1.29, 1.82) is 0 Å². The molecule has 0 amide bonds. The molecule has 1 heterocycles. The Labute approximate surface area is 322 Å². The molecule has 0 saturated heterocycles. The van der Waals surface area contributed by atoms with Crippen molar-refractivity contribution in [3.8, 4) is 62.1 Å². The van der Waals surface area contributed by atoms with Crippen molar-refractivity contribution in [1.82, 2.24) is 0 Å². The van der Waals surface area contributed by atoms with Crippen molar-refractivity contribution < 1.29 is 29.9 Å². The lowest BCUT2D eigenvalue weighted by atomic mass is 9.95. The summed E-state index contributed by atoms with van der Waals surface area (Å²) in [6.45, 7) is 9.33. The van der Waals surface area contributed by atoms with Crippen molar-refractivity contribution >= 4 is 28.7 Å². The molecule has 0 spiro atoms. The minimum atomic E-state index is -0.984. The van der Waals surface area contributed by atoms with Gasteiger partial charge in [-0.25, -0.2) is 0 Å². The summed E-state index contributed by atoms with van der Waals surface area (Å²) in [5, 5.41) is 52.2. The lowest BCUT2D eigenvalue weighted by molar-refractivity contribution is 0.330. The second kappa shape index (κ2) is 18.5. The number of hydrogen-bond donors (Lipinski definition) is 5. The number of allylic oxidation sites excluding steroid dienone is 2. The fourth-order valence-corrected chi connectivity index (χ4v) is 6.69. The summed E-state index contributed by atoms with van der Waals surface area (Å²) in [5.74, 6) is -4.24. The van der Waals surface area contributed by atoms with Crippen molar-refractivity contribution in [3.63, 3.8) is 0 Å². The van der Waals surface area contributed by atoms with Crippen LogP contribution in [0.2, 0.25) is 0 Å². The van der Waals surface area contributed by atoms with Crippen LogP contribution in [0.3, 0.4) is 0 Å². The van der Waals surface area contributed by atoms with E-state index in [0.29, 0.717) is 5.56 Å². The highest BCUT2D eigenvalue weighted by Gasteiger charge is 2.24. The first-order valence-corrected chi connectivity index (χ1v) is 18.6. The van der Waals surface area contributed by atoms with E-state index in [9.17, 15) is 25.5 Å². The lowest BCUT2D eigenvalue weighted by Gasteiger charge is -2.13. The molecule has 0 aliphatic heterocycles. The summed E-state index contributed by atoms with van der Waals surface area (Å²) in [4.78, 5) is 3.25. The van der Waals surface area contributed by atoms with E-state index in [0.717, 1.165) is 50.6 Å². The first-order valence-electron chi connectivity index (χ1n) is 18.6. The van der Waals surface area contributed by atoms with Gasteiger partial charge in [0, 0.05) is 17.8 Å². The minimum absolute atomic E-state index is 0.179. The molecule has 7 aromatic rings. The van der Waals surface area contributed by atoms with Gasteiger partial charge < -0.3 is 34.9 Å². The van der Waals surface area contributed by atoms with E-state index in [2.05, 4.69) is 79.3 Å². The molecule has 0 saturated carbocycles. The van der Waals surface area contributed by atoms with Gasteiger partial charge >= 0.3 is 0 Å². The van der Waals surface area contributed by atoms with Gasteiger partial charge in [-0.1, -0.05) is 123 Å². The van der Waals surface area contributed by atoms with Crippen LogP contribution in [0.5, 0.6) is 28.7 Å². The molecule has 5 N–H and O–H groups in total. The molecule has 8 rings (SSSR count). The van der Waals surface area contributed by atoms with Gasteiger partial charge in [0.2, 0.25) is 17.2 Å². The van der Waals surface area contributed by atoms with E-state index in [-0.39, 0.29) is 5.56 Å². The third-order valence-electron chi connectivity index (χ3n) is 9.40. The van der Waals surface area contributed by atoms with Crippen LogP contribution < -0.4 is 0 Å². The van der Waals surface area contributed by atoms with Crippen LogP contribution in [0.25, 0.3) is 55.3 Å². The summed E-state index contributed by atoms with van der Waals surface area (Å²) in [5.41, 5.74) is 9.89. The summed E-state index contributed by atoms with van der Waals surface area (Å²) < 4.78 is 6.22. The normalized spacial score (nSPS) is 12.0. The molecule has 1 aliphatic carbocycles. The zero-order valence-electron chi connectivity index (χ0n) is 31.9. The molecule has 282 valence electrons. The van der Waals surface area contributed by atoms with Crippen LogP contribution in [0, 0.1) is 0 Å². The number of rotatable bonds is 5. The van der Waals surface area contributed by atoms with Gasteiger partial charge in [0.15, 0.2) is 11.5 Å². The predicted molar refractivity (Wildman–Crippen MR) is 227 cm³/mol. The molecule has 1 aliphatic rings. The van der Waals surface area contributed by atoms with E-state index in [1.807, 2.05) is 62.4 Å². The fourth-order valence-electron chi connectivity index (χ4n) is 6.69. The molecule has 0 bridgehead atoms. The van der Waals surface area contributed by atoms with Crippen LogP contribution in [0.15, 0.2) is 136 Å². The Morgan fingerprint density at radius 1 is 0.600 bits per heavy atom. The van der Waals surface area contributed by atoms with Crippen LogP contribution in [0.4, 0.5) is 0 Å². The molecule has 55 heavy (non-hydrogen) atoms. The third kappa shape index (κ3) is 9.02. The molecule has 1 aromatic heterocycles. The van der Waals surface area contributed by atoms with Crippen molar-refractivity contribution in [2.45, 2.75) is 52.9 Å². The van der Waals surface area contributed by atoms with E-state index >= 15 is 0 Å². The average Bonchev–Trinajstić information content (AvgIpc) is 3.60. The fraction of sp³-hybridized carbons (Fsp3) is 0.188. The maximum Gasteiger partial charge on any atom is 0.208 e. The number of aliphatic imine (C=N–C) groups is 1. The lowest BCUT2D eigenvalue weighted by Crippen LogP contribution is -1.87. The number of benzene rings is 6. The van der Waals surface area contributed by atoms with Gasteiger partial charge in [0.1, 0.15) is 11.2 Å². The monoisotopic (exact) mass is 735 g/mol. The Hall–Kier alpha value is -6.47. The van der Waals surface area contributed by atoms with Crippen LogP contribution in [-0.4, -0.2) is 39.3 Å². The average molecular weight is 736 g/mol. The Bertz CT molecular complexity index is 2360. The number of furan rings is 1. The van der Waals surface area contributed by atoms with E-state index < -0.39 is 28.7 Å². The number of nitrogens with zero attached hydrogens (tertiary/aromatic N) is 1. The molecule has 7 heteroatoms. The number of phenolic OH excluding ortho intramolecular Hbond substituents is 5. The molecular formula is C48H49NO6. The Morgan fingerprint density at radius 3 is 1.71 bits per heavy atom. The van der Waals surface area contributed by atoms with Gasteiger partial charge in [-0.05, 0) is 103 Å². The summed E-state index contributed by atoms with van der Waals surface area (Å²) in [6, 6.07) is 38.0. The maximum atomic E-state index is 10.3. The van der Waals surface area contributed by atoms with Crippen LogP contribution in [0.1, 0.15) is 57.6 Å². The van der Waals surface area contributed by atoms with E-state index in [1.54, 1.807) is 24.8 Å². The predicted octanol–water partition coefficient (Wildman–Crippen LogP) is 12.6. The number of fused-ring (bicyclic) bond motifs is 3. The van der Waals surface area contributed by atoms with Gasteiger partial charge in [0.25, 0.3) is 0 Å². The topological polar surface area (TPSA) is 127 Å². The molecule has 0 atom stereocenters. The quantitative estimate of drug-likeness (QED) is 0.0518. The zero-order chi connectivity index (χ0) is 39.5. The summed E-state index contributed by atoms with van der Waals surface area (Å²) >= 11 is 0. The first-order chi connectivity index (χ1) is 26.7. The van der Waals surface area contributed by atoms with E-state index in [4.69, 9.17) is 4.42 Å². The maximum absolute atomic E-state index is 10.3. The zero-order valence-corrected chi connectivity index (χ0v) is 31.9. The van der Waals surface area contributed by atoms with Gasteiger partial charge in [0.05, 0.1) is 5.56 Å². The molecule has 0 unspecified atom stereocenters. The van der Waals surface area contributed by atoms with Gasteiger partial charge in [-0.15, -0.1) is 0 Å². The summed E-state index contributed by atoms with van der Waals surface area (Å²) in [6.07, 6.45) is 8.70. The Balaban J connectivity index is 0.000000422. The molecule has 0 radical (unpaired) electrons. The van der Waals surface area contributed by atoms with Gasteiger partial charge in [-0.3, -0.25) is 0 Å². The number of aromatic hydroxyl groups is 5. The molecule has 0 fully saturated rings.